The van der Waals surface area contributed by atoms with E-state index in [1.54, 1.807) is 0 Å². The first-order valence-corrected chi connectivity index (χ1v) is 6.92. The third kappa shape index (κ3) is 4.06. The fraction of sp³-hybridized carbons (Fsp3) is 1.00. The van der Waals surface area contributed by atoms with Crippen molar-refractivity contribution in [3.8, 4) is 0 Å². The Morgan fingerprint density at radius 1 is 1.12 bits per heavy atom. The third-order valence-electron chi connectivity index (χ3n) is 3.97. The van der Waals surface area contributed by atoms with Crippen molar-refractivity contribution in [2.24, 2.45) is 5.92 Å². The highest BCUT2D eigenvalue weighted by molar-refractivity contribution is 4.83. The molecule has 0 amide bonds. The van der Waals surface area contributed by atoms with Crippen LogP contribution >= 0.6 is 0 Å². The van der Waals surface area contributed by atoms with Gasteiger partial charge in [0.25, 0.3) is 0 Å². The van der Waals surface area contributed by atoms with E-state index in [4.69, 9.17) is 0 Å². The second-order valence-corrected chi connectivity index (χ2v) is 5.92. The molecule has 0 aromatic rings. The van der Waals surface area contributed by atoms with Gasteiger partial charge < -0.3 is 5.11 Å². The van der Waals surface area contributed by atoms with E-state index in [1.165, 1.54) is 32.1 Å². The molecule has 0 aliphatic heterocycles. The lowest BCUT2D eigenvalue weighted by Crippen LogP contribution is -2.45. The van der Waals surface area contributed by atoms with Crippen LogP contribution in [0.3, 0.4) is 0 Å². The van der Waals surface area contributed by atoms with Crippen LogP contribution in [0.5, 0.6) is 0 Å². The Hall–Kier alpha value is -0.0800. The van der Waals surface area contributed by atoms with Gasteiger partial charge in [-0.3, -0.25) is 4.90 Å². The van der Waals surface area contributed by atoms with E-state index in [0.717, 1.165) is 12.3 Å². The molecule has 3 unspecified atom stereocenters. The minimum Gasteiger partial charge on any atom is -0.391 e. The smallest absolute Gasteiger partial charge is 0.0695 e. The lowest BCUT2D eigenvalue weighted by molar-refractivity contribution is 0.0350. The number of nitrogens with zero attached hydrogens (tertiary/aromatic N) is 1. The van der Waals surface area contributed by atoms with Crippen LogP contribution in [-0.2, 0) is 0 Å². The van der Waals surface area contributed by atoms with Crippen LogP contribution in [0.25, 0.3) is 0 Å². The Bertz CT molecular complexity index is 193. The number of hydrogen-bond donors (Lipinski definition) is 1. The van der Waals surface area contributed by atoms with Crippen molar-refractivity contribution in [2.45, 2.75) is 77.5 Å². The molecular formula is C14H29NO. The lowest BCUT2D eigenvalue weighted by Gasteiger charge is -2.36. The Kier molecular flexibility index (Phi) is 5.77. The molecule has 0 radical (unpaired) electrons. The van der Waals surface area contributed by atoms with Gasteiger partial charge in [-0.2, -0.15) is 0 Å². The monoisotopic (exact) mass is 227 g/mol. The Balaban J connectivity index is 2.52. The standard InChI is InChI=1S/C14H29NO/c1-11(2)10-12(3)15(4)13-8-6-5-7-9-14(13)16/h11-14,16H,5-10H2,1-4H3. The molecule has 0 saturated heterocycles. The van der Waals surface area contributed by atoms with Crippen molar-refractivity contribution in [2.75, 3.05) is 7.05 Å². The number of likely N-dealkylation sites (N-methyl/N-ethyl adjacent to an activating group) is 1. The molecule has 3 atom stereocenters. The van der Waals surface area contributed by atoms with Crippen LogP contribution in [0.1, 0.15) is 59.3 Å². The first kappa shape index (κ1) is 14.0. The van der Waals surface area contributed by atoms with Gasteiger partial charge in [-0.05, 0) is 39.2 Å². The van der Waals surface area contributed by atoms with Gasteiger partial charge in [-0.1, -0.05) is 33.1 Å². The molecule has 96 valence electrons. The highest BCUT2D eigenvalue weighted by Crippen LogP contribution is 2.24. The van der Waals surface area contributed by atoms with Crippen molar-refractivity contribution in [1.29, 1.82) is 0 Å². The van der Waals surface area contributed by atoms with Crippen molar-refractivity contribution < 1.29 is 5.11 Å². The fourth-order valence-electron chi connectivity index (χ4n) is 2.92. The average Bonchev–Trinajstić information content (AvgIpc) is 2.40. The summed E-state index contributed by atoms with van der Waals surface area (Å²) in [5.74, 6) is 0.736. The molecule has 16 heavy (non-hydrogen) atoms. The number of aliphatic hydroxyl groups excluding tert-OH is 1. The molecule has 1 aliphatic carbocycles. The molecule has 1 rings (SSSR count). The lowest BCUT2D eigenvalue weighted by atomic mass is 9.99. The van der Waals surface area contributed by atoms with Crippen LogP contribution in [0.4, 0.5) is 0 Å². The van der Waals surface area contributed by atoms with Crippen molar-refractivity contribution >= 4 is 0 Å². The minimum atomic E-state index is -0.109. The summed E-state index contributed by atoms with van der Waals surface area (Å²) in [7, 11) is 2.19. The molecule has 1 N–H and O–H groups in total. The van der Waals surface area contributed by atoms with E-state index >= 15 is 0 Å². The summed E-state index contributed by atoms with van der Waals surface area (Å²) in [5, 5.41) is 10.2. The normalized spacial score (nSPS) is 29.4. The quantitative estimate of drug-likeness (QED) is 0.746. The summed E-state index contributed by atoms with van der Waals surface area (Å²) in [6.07, 6.45) is 7.04. The molecule has 0 heterocycles. The summed E-state index contributed by atoms with van der Waals surface area (Å²) in [5.41, 5.74) is 0. The van der Waals surface area contributed by atoms with E-state index in [1.807, 2.05) is 0 Å². The topological polar surface area (TPSA) is 23.5 Å². The average molecular weight is 227 g/mol. The predicted octanol–water partition coefficient (Wildman–Crippen LogP) is 3.05. The van der Waals surface area contributed by atoms with Crippen LogP contribution < -0.4 is 0 Å². The molecular weight excluding hydrogens is 198 g/mol. The predicted molar refractivity (Wildman–Crippen MR) is 69.6 cm³/mol. The third-order valence-corrected chi connectivity index (χ3v) is 3.97. The molecule has 1 fully saturated rings. The van der Waals surface area contributed by atoms with Crippen molar-refractivity contribution in [1.82, 2.24) is 4.90 Å². The van der Waals surface area contributed by atoms with Gasteiger partial charge in [0, 0.05) is 12.1 Å². The maximum Gasteiger partial charge on any atom is 0.0695 e. The van der Waals surface area contributed by atoms with Gasteiger partial charge in [0.15, 0.2) is 0 Å². The Morgan fingerprint density at radius 2 is 1.75 bits per heavy atom. The van der Waals surface area contributed by atoms with Gasteiger partial charge in [0.05, 0.1) is 6.10 Å². The largest absolute Gasteiger partial charge is 0.391 e. The molecule has 0 spiro atoms. The van der Waals surface area contributed by atoms with Gasteiger partial charge in [0.2, 0.25) is 0 Å². The molecule has 2 nitrogen and oxygen atoms in total. The number of rotatable bonds is 4. The zero-order valence-corrected chi connectivity index (χ0v) is 11.4. The highest BCUT2D eigenvalue weighted by Gasteiger charge is 2.27. The van der Waals surface area contributed by atoms with Crippen molar-refractivity contribution in [3.05, 3.63) is 0 Å². The van der Waals surface area contributed by atoms with E-state index < -0.39 is 0 Å². The van der Waals surface area contributed by atoms with Crippen molar-refractivity contribution in [3.63, 3.8) is 0 Å². The van der Waals surface area contributed by atoms with Gasteiger partial charge >= 0.3 is 0 Å². The van der Waals surface area contributed by atoms with E-state index in [9.17, 15) is 5.11 Å². The molecule has 1 aliphatic rings. The Labute approximate surface area is 101 Å². The van der Waals surface area contributed by atoms with Gasteiger partial charge in [-0.15, -0.1) is 0 Å². The molecule has 2 heteroatoms. The highest BCUT2D eigenvalue weighted by atomic mass is 16.3. The molecule has 0 aromatic carbocycles. The van der Waals surface area contributed by atoms with E-state index in [-0.39, 0.29) is 6.10 Å². The second-order valence-electron chi connectivity index (χ2n) is 5.92. The Morgan fingerprint density at radius 3 is 2.38 bits per heavy atom. The first-order valence-electron chi connectivity index (χ1n) is 6.92. The molecule has 0 bridgehead atoms. The zero-order valence-electron chi connectivity index (χ0n) is 11.4. The summed E-state index contributed by atoms with van der Waals surface area (Å²) in [6, 6.07) is 0.967. The summed E-state index contributed by atoms with van der Waals surface area (Å²) >= 11 is 0. The van der Waals surface area contributed by atoms with Gasteiger partial charge in [-0.25, -0.2) is 0 Å². The van der Waals surface area contributed by atoms with Crippen LogP contribution in [0, 0.1) is 5.92 Å². The van der Waals surface area contributed by atoms with Crippen LogP contribution in [0.15, 0.2) is 0 Å². The summed E-state index contributed by atoms with van der Waals surface area (Å²) < 4.78 is 0. The fourth-order valence-corrected chi connectivity index (χ4v) is 2.92. The zero-order chi connectivity index (χ0) is 12.1. The van der Waals surface area contributed by atoms with E-state index in [0.29, 0.717) is 12.1 Å². The number of hydrogen-bond acceptors (Lipinski definition) is 2. The maximum absolute atomic E-state index is 10.2. The SMILES string of the molecule is CC(C)CC(C)N(C)C1CCCCCC1O. The van der Waals surface area contributed by atoms with Crippen LogP contribution in [-0.4, -0.2) is 35.2 Å². The minimum absolute atomic E-state index is 0.109. The first-order chi connectivity index (χ1) is 7.52. The van der Waals surface area contributed by atoms with E-state index in [2.05, 4.69) is 32.7 Å². The summed E-state index contributed by atoms with van der Waals surface area (Å²) in [4.78, 5) is 2.41. The second kappa shape index (κ2) is 6.61. The van der Waals surface area contributed by atoms with Gasteiger partial charge in [0.1, 0.15) is 0 Å². The number of aliphatic hydroxyl groups is 1. The maximum atomic E-state index is 10.2. The molecule has 0 aromatic heterocycles. The summed E-state index contributed by atoms with van der Waals surface area (Å²) in [6.45, 7) is 6.83. The molecule has 1 saturated carbocycles. The van der Waals surface area contributed by atoms with Crippen LogP contribution in [0.2, 0.25) is 0 Å².